The molecule has 2 heterocycles. The zero-order valence-electron chi connectivity index (χ0n) is 41.7. The van der Waals surface area contributed by atoms with Crippen LogP contribution in [0.2, 0.25) is 0 Å². The number of rotatable bonds is 24. The number of hydrazone groups is 1. The summed E-state index contributed by atoms with van der Waals surface area (Å²) in [6, 6.07) is 24.2. The maximum absolute atomic E-state index is 13.8. The van der Waals surface area contributed by atoms with Gasteiger partial charge in [0.2, 0.25) is 5.13 Å². The van der Waals surface area contributed by atoms with E-state index in [2.05, 4.69) is 19.6 Å². The molecule has 4 aromatic carbocycles. The third kappa shape index (κ3) is 14.3. The number of hydrogen-bond acceptors (Lipinski definition) is 14. The first-order valence-corrected chi connectivity index (χ1v) is 26.4. The Balaban J connectivity index is 0.923. The van der Waals surface area contributed by atoms with Gasteiger partial charge in [0.1, 0.15) is 29.5 Å². The van der Waals surface area contributed by atoms with Gasteiger partial charge in [0, 0.05) is 24.1 Å². The lowest BCUT2D eigenvalue weighted by molar-refractivity contribution is -0.142. The molecule has 5 aromatic rings. The zero-order chi connectivity index (χ0) is 49.7. The van der Waals surface area contributed by atoms with Crippen LogP contribution < -0.4 is 19.2 Å². The Morgan fingerprint density at radius 3 is 2.27 bits per heavy atom. The number of para-hydroxylation sites is 1. The summed E-state index contributed by atoms with van der Waals surface area (Å²) < 4.78 is 41.6. The Labute approximate surface area is 421 Å². The Hall–Kier alpha value is -5.67. The van der Waals surface area contributed by atoms with Crippen molar-refractivity contribution in [2.45, 2.75) is 129 Å². The van der Waals surface area contributed by atoms with Crippen molar-refractivity contribution in [3.63, 3.8) is 0 Å². The van der Waals surface area contributed by atoms with Gasteiger partial charge in [-0.05, 0) is 162 Å². The number of carbonyl (C=O) groups is 3. The monoisotopic (exact) mass is 987 g/mol. The third-order valence-electron chi connectivity index (χ3n) is 13.8. The van der Waals surface area contributed by atoms with Gasteiger partial charge in [-0.3, -0.25) is 4.79 Å². The van der Waals surface area contributed by atoms with Gasteiger partial charge < -0.3 is 33.2 Å². The molecule has 1 saturated heterocycles. The number of benzene rings is 4. The van der Waals surface area contributed by atoms with E-state index in [-0.39, 0.29) is 42.5 Å². The van der Waals surface area contributed by atoms with Crippen LogP contribution in [0.4, 0.5) is 5.13 Å². The highest BCUT2D eigenvalue weighted by atomic mass is 32.1. The zero-order valence-corrected chi connectivity index (χ0v) is 42.6. The predicted octanol–water partition coefficient (Wildman–Crippen LogP) is 12.4. The van der Waals surface area contributed by atoms with Gasteiger partial charge >= 0.3 is 17.9 Å². The van der Waals surface area contributed by atoms with Gasteiger partial charge in [-0.25, -0.2) is 19.6 Å². The van der Waals surface area contributed by atoms with Crippen LogP contribution in [-0.4, -0.2) is 80.1 Å². The molecule has 13 nitrogen and oxygen atoms in total. The van der Waals surface area contributed by atoms with Crippen LogP contribution in [0, 0.1) is 17.8 Å². The van der Waals surface area contributed by atoms with Gasteiger partial charge in [-0.15, -0.1) is 0 Å². The maximum atomic E-state index is 13.8. The first-order valence-electron chi connectivity index (χ1n) is 25.6. The minimum Gasteiger partial charge on any atom is -0.494 e. The molecule has 3 aliphatic rings. The van der Waals surface area contributed by atoms with E-state index >= 15 is 0 Å². The Morgan fingerprint density at radius 2 is 1.55 bits per heavy atom. The van der Waals surface area contributed by atoms with Crippen molar-refractivity contribution in [3.05, 3.63) is 102 Å². The standard InChI is InChI=1S/C57H69N3O10S/c1-6-7-8-11-31-60(56-59-49-13-9-10-14-51(49)71-56)58-37-48-47-29-28-46(68-53(62)41-17-15-39(16-18-41)40-19-24-45(25-20-40)65-34-35-66-52(61)38(2)3)36-43(47)23-30-50(48)69-54(63)42-21-26-44(27-22-42)64-32-12-33-67-55-57(4,5)70-55/h9-10,13-14,21-23,26-30,36-37,39-41,45,55H,2,6-8,11-12,15-20,24-25,31-35H2,1,3-5H3/b58-37+. The third-order valence-corrected chi connectivity index (χ3v) is 14.9. The predicted molar refractivity (Wildman–Crippen MR) is 278 cm³/mol. The summed E-state index contributed by atoms with van der Waals surface area (Å²) in [6.45, 7) is 13.7. The van der Waals surface area contributed by atoms with Crippen molar-refractivity contribution >= 4 is 61.6 Å². The smallest absolute Gasteiger partial charge is 0.343 e. The maximum Gasteiger partial charge on any atom is 0.343 e. The minimum absolute atomic E-state index is 0.158. The van der Waals surface area contributed by atoms with E-state index in [1.54, 1.807) is 60.9 Å². The van der Waals surface area contributed by atoms with E-state index in [1.807, 2.05) is 55.3 Å². The quantitative estimate of drug-likeness (QED) is 0.0110. The van der Waals surface area contributed by atoms with Crippen LogP contribution >= 0.6 is 11.3 Å². The summed E-state index contributed by atoms with van der Waals surface area (Å²) in [5.41, 5.74) is 2.07. The van der Waals surface area contributed by atoms with E-state index in [1.165, 1.54) is 0 Å². The first-order chi connectivity index (χ1) is 34.4. The van der Waals surface area contributed by atoms with Crippen molar-refractivity contribution in [3.8, 4) is 17.2 Å². The second kappa shape index (κ2) is 24.6. The van der Waals surface area contributed by atoms with Crippen LogP contribution in [-0.2, 0) is 28.5 Å². The molecule has 1 atom stereocenters. The summed E-state index contributed by atoms with van der Waals surface area (Å²) >= 11 is 1.59. The molecule has 0 spiro atoms. The van der Waals surface area contributed by atoms with Crippen LogP contribution in [0.15, 0.2) is 96.1 Å². The van der Waals surface area contributed by atoms with Crippen molar-refractivity contribution in [2.75, 3.05) is 38.0 Å². The Kier molecular flexibility index (Phi) is 17.9. The molecule has 71 heavy (non-hydrogen) atoms. The van der Waals surface area contributed by atoms with Crippen LogP contribution in [0.25, 0.3) is 21.0 Å². The Bertz CT molecular complexity index is 2600. The van der Waals surface area contributed by atoms with Gasteiger partial charge in [0.05, 0.1) is 53.8 Å². The number of carbonyl (C=O) groups excluding carboxylic acids is 3. The number of anilines is 1. The lowest BCUT2D eigenvalue weighted by atomic mass is 9.70. The summed E-state index contributed by atoms with van der Waals surface area (Å²) in [7, 11) is 0. The molecule has 2 saturated carbocycles. The number of aromatic nitrogens is 1. The summed E-state index contributed by atoms with van der Waals surface area (Å²) in [5, 5.41) is 9.36. The molecular formula is C57H69N3O10S. The number of epoxide rings is 1. The van der Waals surface area contributed by atoms with E-state index in [4.69, 9.17) is 43.2 Å². The van der Waals surface area contributed by atoms with E-state index in [9.17, 15) is 14.4 Å². The highest BCUT2D eigenvalue weighted by Crippen LogP contribution is 2.42. The lowest BCUT2D eigenvalue weighted by Crippen LogP contribution is -2.31. The fourth-order valence-electron chi connectivity index (χ4n) is 9.57. The van der Waals surface area contributed by atoms with Crippen LogP contribution in [0.5, 0.6) is 17.2 Å². The molecular weight excluding hydrogens is 919 g/mol. The molecule has 0 bridgehead atoms. The highest BCUT2D eigenvalue weighted by Gasteiger charge is 2.49. The molecule has 1 aromatic heterocycles. The lowest BCUT2D eigenvalue weighted by Gasteiger charge is -2.37. The molecule has 0 radical (unpaired) electrons. The van der Waals surface area contributed by atoms with Crippen LogP contribution in [0.1, 0.15) is 127 Å². The second-order valence-corrected chi connectivity index (χ2v) is 20.7. The van der Waals surface area contributed by atoms with E-state index in [0.29, 0.717) is 78.6 Å². The average molecular weight is 988 g/mol. The molecule has 0 N–H and O–H groups in total. The normalized spacial score (nSPS) is 20.7. The molecule has 14 heteroatoms. The van der Waals surface area contributed by atoms with E-state index in [0.717, 1.165) is 103 Å². The van der Waals surface area contributed by atoms with Gasteiger partial charge in [0.15, 0.2) is 6.29 Å². The number of thiazole rings is 1. The molecule has 1 aliphatic heterocycles. The molecule has 1 unspecified atom stereocenters. The van der Waals surface area contributed by atoms with Crippen molar-refractivity contribution in [1.82, 2.24) is 4.98 Å². The molecule has 8 rings (SSSR count). The highest BCUT2D eigenvalue weighted by molar-refractivity contribution is 7.22. The van der Waals surface area contributed by atoms with Crippen molar-refractivity contribution in [1.29, 1.82) is 0 Å². The van der Waals surface area contributed by atoms with Gasteiger partial charge in [-0.1, -0.05) is 62.3 Å². The summed E-state index contributed by atoms with van der Waals surface area (Å²) in [4.78, 5) is 44.0. The average Bonchev–Trinajstić information content (AvgIpc) is 3.76. The van der Waals surface area contributed by atoms with E-state index < -0.39 is 5.97 Å². The SMILES string of the molecule is C=C(C)C(=O)OCCOC1CCC(C2CCC(C(=O)Oc3ccc4c(/C=N/N(CCCCCC)c5nc6ccccc6s5)c(OC(=O)c5ccc(OCCCOC6OC6(C)C)cc5)ccc4c3)CC2)CC1. The van der Waals surface area contributed by atoms with Crippen molar-refractivity contribution < 1.29 is 47.5 Å². The number of ether oxygens (including phenoxy) is 7. The van der Waals surface area contributed by atoms with Gasteiger partial charge in [0.25, 0.3) is 0 Å². The summed E-state index contributed by atoms with van der Waals surface area (Å²) in [5.74, 6) is 1.40. The molecule has 2 aliphatic carbocycles. The molecule has 0 amide bonds. The largest absolute Gasteiger partial charge is 0.494 e. The fraction of sp³-hybridized carbons (Fsp3) is 0.491. The number of hydrogen-bond donors (Lipinski definition) is 0. The molecule has 378 valence electrons. The fourth-order valence-corrected chi connectivity index (χ4v) is 10.5. The Morgan fingerprint density at radius 1 is 0.817 bits per heavy atom. The van der Waals surface area contributed by atoms with Crippen molar-refractivity contribution in [2.24, 2.45) is 22.9 Å². The van der Waals surface area contributed by atoms with Crippen LogP contribution in [0.3, 0.4) is 0 Å². The minimum atomic E-state index is -0.522. The number of unbranched alkanes of at least 4 members (excludes halogenated alkanes) is 3. The van der Waals surface area contributed by atoms with Gasteiger partial charge in [-0.2, -0.15) is 5.10 Å². The number of nitrogens with zero attached hydrogens (tertiary/aromatic N) is 3. The second-order valence-electron chi connectivity index (χ2n) is 19.6. The number of esters is 3. The summed E-state index contributed by atoms with van der Waals surface area (Å²) in [6.07, 6.45) is 14.6. The topological polar surface area (TPSA) is 148 Å². The molecule has 3 fully saturated rings. The first kappa shape index (κ1) is 51.7. The number of fused-ring (bicyclic) bond motifs is 2.